The molecular weight excluding hydrogens is 411 g/mol. The Kier molecular flexibility index (Phi) is 6.84. The van der Waals surface area contributed by atoms with Crippen LogP contribution in [0, 0.1) is 5.92 Å². The van der Waals surface area contributed by atoms with Gasteiger partial charge in [-0.1, -0.05) is 17.7 Å². The average molecular weight is 424 g/mol. The topological polar surface area (TPSA) is 118 Å². The lowest BCUT2D eigenvalue weighted by Gasteiger charge is -2.07. The fraction of sp³-hybridized carbons (Fsp3) is 0.417. The smallest absolute Gasteiger partial charge is 0.475 e. The van der Waals surface area contributed by atoms with E-state index in [9.17, 15) is 30.0 Å². The molecule has 1 fully saturated rings. The molecular formula is C12H13ClF3NO6S2. The summed E-state index contributed by atoms with van der Waals surface area (Å²) in [5, 5.41) is 7.36. The lowest BCUT2D eigenvalue weighted by molar-refractivity contribution is -0.192. The summed E-state index contributed by atoms with van der Waals surface area (Å²) in [6.45, 7) is 0. The molecule has 0 bridgehead atoms. The van der Waals surface area contributed by atoms with Crippen LogP contribution >= 0.6 is 11.6 Å². The quantitative estimate of drug-likeness (QED) is 0.747. The number of hydrogen-bond acceptors (Lipinski definition) is 5. The number of benzene rings is 1. The van der Waals surface area contributed by atoms with Crippen LogP contribution in [0.4, 0.5) is 13.2 Å². The molecule has 1 aromatic carbocycles. The van der Waals surface area contributed by atoms with E-state index >= 15 is 0 Å². The van der Waals surface area contributed by atoms with Crippen molar-refractivity contribution in [2.24, 2.45) is 5.92 Å². The van der Waals surface area contributed by atoms with Gasteiger partial charge in [0.25, 0.3) is 10.0 Å². The predicted molar refractivity (Wildman–Crippen MR) is 82.0 cm³/mol. The minimum Gasteiger partial charge on any atom is -0.475 e. The highest BCUT2D eigenvalue weighted by atomic mass is 35.5. The Bertz CT molecular complexity index is 835. The molecule has 0 aromatic heterocycles. The summed E-state index contributed by atoms with van der Waals surface area (Å²) in [4.78, 5) is 8.74. The number of rotatable bonds is 5. The van der Waals surface area contributed by atoms with Crippen molar-refractivity contribution in [1.82, 2.24) is 4.13 Å². The molecule has 0 atom stereocenters. The second kappa shape index (κ2) is 7.89. The second-order valence-electron chi connectivity index (χ2n) is 5.07. The lowest BCUT2D eigenvalue weighted by atomic mass is 10.4. The molecule has 7 nitrogen and oxygen atoms in total. The zero-order chi connectivity index (χ0) is 19.5. The van der Waals surface area contributed by atoms with E-state index in [-0.39, 0.29) is 21.6 Å². The van der Waals surface area contributed by atoms with E-state index in [1.165, 1.54) is 24.3 Å². The molecule has 0 heterocycles. The first kappa shape index (κ1) is 21.7. The third-order valence-corrected chi connectivity index (χ3v) is 6.65. The summed E-state index contributed by atoms with van der Waals surface area (Å²) in [6.07, 6.45) is -3.42. The highest BCUT2D eigenvalue weighted by Gasteiger charge is 2.38. The van der Waals surface area contributed by atoms with E-state index in [1.807, 2.05) is 0 Å². The molecule has 2 N–H and O–H groups in total. The molecule has 0 aliphatic heterocycles. The highest BCUT2D eigenvalue weighted by Crippen LogP contribution is 2.30. The molecule has 0 spiro atoms. The third-order valence-electron chi connectivity index (χ3n) is 2.74. The van der Waals surface area contributed by atoms with Crippen molar-refractivity contribution < 1.29 is 39.9 Å². The van der Waals surface area contributed by atoms with E-state index < -0.39 is 32.2 Å². The van der Waals surface area contributed by atoms with Crippen LogP contribution in [0.5, 0.6) is 0 Å². The van der Waals surface area contributed by atoms with Crippen LogP contribution < -0.4 is 4.13 Å². The van der Waals surface area contributed by atoms with Crippen LogP contribution in [0.1, 0.15) is 12.8 Å². The minimum atomic E-state index is -5.08. The molecule has 1 aliphatic carbocycles. The number of carboxylic acid groups (broad SMARTS) is 1. The Morgan fingerprint density at radius 2 is 1.76 bits per heavy atom. The summed E-state index contributed by atoms with van der Waals surface area (Å²) in [7, 11) is -7.90. The van der Waals surface area contributed by atoms with Crippen molar-refractivity contribution in [3.05, 3.63) is 29.3 Å². The van der Waals surface area contributed by atoms with Crippen LogP contribution in [0.15, 0.2) is 29.2 Å². The van der Waals surface area contributed by atoms with Gasteiger partial charge < -0.3 is 5.11 Å². The standard InChI is InChI=1S/C10H12ClNO4S2.C2HF3O2/c11-9-2-1-3-10(6-9)18(15,16)12-17(13,14)7-8-4-5-8;3-2(4,5)1(6)7/h1-3,6,8,12H,4-5,7H2;(H,6,7). The summed E-state index contributed by atoms with van der Waals surface area (Å²) >= 11 is 5.67. The van der Waals surface area contributed by atoms with Gasteiger partial charge in [-0.25, -0.2) is 21.6 Å². The van der Waals surface area contributed by atoms with Gasteiger partial charge >= 0.3 is 12.1 Å². The monoisotopic (exact) mass is 423 g/mol. The molecule has 0 unspecified atom stereocenters. The van der Waals surface area contributed by atoms with E-state index in [0.717, 1.165) is 12.8 Å². The maximum absolute atomic E-state index is 11.9. The highest BCUT2D eigenvalue weighted by molar-refractivity contribution is 8.04. The van der Waals surface area contributed by atoms with Crippen molar-refractivity contribution >= 4 is 37.6 Å². The molecule has 1 aliphatic rings. The first-order valence-corrected chi connectivity index (χ1v) is 10.1. The molecule has 142 valence electrons. The van der Waals surface area contributed by atoms with Gasteiger partial charge in [0.2, 0.25) is 10.0 Å². The minimum absolute atomic E-state index is 0.0806. The van der Waals surface area contributed by atoms with Gasteiger partial charge in [-0.05, 0) is 37.0 Å². The summed E-state index contributed by atoms with van der Waals surface area (Å²) in [6, 6.07) is 5.46. The maximum atomic E-state index is 11.9. The fourth-order valence-electron chi connectivity index (χ4n) is 1.48. The van der Waals surface area contributed by atoms with Crippen LogP contribution in [-0.2, 0) is 24.8 Å². The summed E-state index contributed by atoms with van der Waals surface area (Å²) in [5.41, 5.74) is 0. The first-order chi connectivity index (χ1) is 11.2. The molecule has 0 radical (unpaired) electrons. The van der Waals surface area contributed by atoms with E-state index in [4.69, 9.17) is 21.5 Å². The van der Waals surface area contributed by atoms with E-state index in [2.05, 4.69) is 0 Å². The van der Waals surface area contributed by atoms with E-state index in [1.54, 1.807) is 4.13 Å². The van der Waals surface area contributed by atoms with Gasteiger partial charge in [0.05, 0.1) is 10.6 Å². The maximum Gasteiger partial charge on any atom is 0.490 e. The molecule has 1 saturated carbocycles. The molecule has 25 heavy (non-hydrogen) atoms. The Morgan fingerprint density at radius 1 is 1.24 bits per heavy atom. The number of halogens is 4. The molecule has 1 aromatic rings. The molecule has 0 saturated heterocycles. The lowest BCUT2D eigenvalue weighted by Crippen LogP contribution is -2.33. The van der Waals surface area contributed by atoms with Crippen molar-refractivity contribution in [3.8, 4) is 0 Å². The van der Waals surface area contributed by atoms with E-state index in [0.29, 0.717) is 0 Å². The Hall–Kier alpha value is -1.37. The number of aliphatic carboxylic acids is 1. The zero-order valence-electron chi connectivity index (χ0n) is 12.3. The average Bonchev–Trinajstić information content (AvgIpc) is 3.20. The molecule has 0 amide bonds. The number of nitrogens with one attached hydrogen (secondary N) is 1. The van der Waals surface area contributed by atoms with Gasteiger partial charge in [-0.15, -0.1) is 4.13 Å². The molecule has 13 heteroatoms. The Labute approximate surface area is 146 Å². The number of sulfonamides is 2. The summed E-state index contributed by atoms with van der Waals surface area (Å²) < 4.78 is 80.4. The normalized spacial score (nSPS) is 15.2. The van der Waals surface area contributed by atoms with Crippen molar-refractivity contribution in [2.75, 3.05) is 5.75 Å². The zero-order valence-corrected chi connectivity index (χ0v) is 14.7. The first-order valence-electron chi connectivity index (χ1n) is 6.55. The van der Waals surface area contributed by atoms with Crippen LogP contribution in [0.2, 0.25) is 5.02 Å². The largest absolute Gasteiger partial charge is 0.490 e. The van der Waals surface area contributed by atoms with Crippen LogP contribution in [-0.4, -0.2) is 39.8 Å². The fourth-order valence-corrected chi connectivity index (χ4v) is 5.22. The predicted octanol–water partition coefficient (Wildman–Crippen LogP) is 1.99. The van der Waals surface area contributed by atoms with Crippen molar-refractivity contribution in [3.63, 3.8) is 0 Å². The number of carbonyl (C=O) groups is 1. The van der Waals surface area contributed by atoms with Gasteiger partial charge in [0.1, 0.15) is 0 Å². The summed E-state index contributed by atoms with van der Waals surface area (Å²) in [5.74, 6) is -2.82. The van der Waals surface area contributed by atoms with Gasteiger partial charge in [0.15, 0.2) is 0 Å². The van der Waals surface area contributed by atoms with Crippen molar-refractivity contribution in [2.45, 2.75) is 23.9 Å². The van der Waals surface area contributed by atoms with Crippen molar-refractivity contribution in [1.29, 1.82) is 0 Å². The Morgan fingerprint density at radius 3 is 2.16 bits per heavy atom. The third kappa shape index (κ3) is 8.03. The SMILES string of the molecule is O=C(O)C(F)(F)F.O=S(=O)(CC1CC1)NS(=O)(=O)c1cccc(Cl)c1. The molecule has 2 rings (SSSR count). The van der Waals surface area contributed by atoms with Gasteiger partial charge in [-0.2, -0.15) is 13.2 Å². The number of alkyl halides is 3. The van der Waals surface area contributed by atoms with Crippen LogP contribution in [0.25, 0.3) is 0 Å². The second-order valence-corrected chi connectivity index (χ2v) is 9.22. The van der Waals surface area contributed by atoms with Gasteiger partial charge in [0, 0.05) is 5.02 Å². The number of hydrogen-bond donors (Lipinski definition) is 2. The van der Waals surface area contributed by atoms with Crippen LogP contribution in [0.3, 0.4) is 0 Å². The van der Waals surface area contributed by atoms with Gasteiger partial charge in [-0.3, -0.25) is 0 Å². The Balaban J connectivity index is 0.000000381. The number of carboxylic acids is 1.